The molecule has 3 N–H and O–H groups in total. The standard InChI is InChI=1S/C18H31N3O3S/c1-11(2)15-7-19-18(25-15)20-6-4-5-13(8-20)9-21-10-14(22)17(24)16(23)12(21)3/h7,11-14,16-17,22-24H,4-6,8-10H2,1-3H3/t12-,13?,14+,16-,17-/m1/s1. The minimum absolute atomic E-state index is 0.138. The molecule has 2 aliphatic heterocycles. The second kappa shape index (κ2) is 7.88. The zero-order chi connectivity index (χ0) is 18.1. The van der Waals surface area contributed by atoms with E-state index in [0.29, 0.717) is 18.4 Å². The van der Waals surface area contributed by atoms with Crippen molar-refractivity contribution in [3.05, 3.63) is 11.1 Å². The van der Waals surface area contributed by atoms with Gasteiger partial charge in [0.25, 0.3) is 0 Å². The summed E-state index contributed by atoms with van der Waals surface area (Å²) in [6, 6.07) is -0.138. The number of hydrogen-bond acceptors (Lipinski definition) is 7. The van der Waals surface area contributed by atoms with Gasteiger partial charge in [-0.1, -0.05) is 13.8 Å². The van der Waals surface area contributed by atoms with E-state index in [1.807, 2.05) is 13.1 Å². The fourth-order valence-electron chi connectivity index (χ4n) is 3.89. The molecular weight excluding hydrogens is 338 g/mol. The maximum Gasteiger partial charge on any atom is 0.185 e. The fourth-order valence-corrected chi connectivity index (χ4v) is 4.85. The summed E-state index contributed by atoms with van der Waals surface area (Å²) in [7, 11) is 0. The van der Waals surface area contributed by atoms with Crippen LogP contribution in [0, 0.1) is 5.92 Å². The smallest absolute Gasteiger partial charge is 0.185 e. The number of aliphatic hydroxyl groups excluding tert-OH is 3. The summed E-state index contributed by atoms with van der Waals surface area (Å²) in [4.78, 5) is 10.4. The summed E-state index contributed by atoms with van der Waals surface area (Å²) in [5.74, 6) is 0.993. The van der Waals surface area contributed by atoms with Crippen molar-refractivity contribution in [2.75, 3.05) is 31.1 Å². The molecule has 142 valence electrons. The monoisotopic (exact) mass is 369 g/mol. The second-order valence-corrected chi connectivity index (χ2v) is 8.94. The lowest BCUT2D eigenvalue weighted by molar-refractivity contribution is -0.135. The van der Waals surface area contributed by atoms with Crippen molar-refractivity contribution in [1.29, 1.82) is 0 Å². The number of anilines is 1. The predicted molar refractivity (Wildman–Crippen MR) is 100 cm³/mol. The Morgan fingerprint density at radius 2 is 2.00 bits per heavy atom. The molecule has 2 saturated heterocycles. The van der Waals surface area contributed by atoms with Crippen LogP contribution in [0.5, 0.6) is 0 Å². The molecule has 2 aliphatic rings. The van der Waals surface area contributed by atoms with Crippen LogP contribution in [0.3, 0.4) is 0 Å². The van der Waals surface area contributed by atoms with E-state index in [1.165, 1.54) is 4.88 Å². The zero-order valence-electron chi connectivity index (χ0n) is 15.4. The van der Waals surface area contributed by atoms with Crippen LogP contribution < -0.4 is 4.90 Å². The first-order valence-corrected chi connectivity index (χ1v) is 10.2. The van der Waals surface area contributed by atoms with Gasteiger partial charge in [0.2, 0.25) is 0 Å². The quantitative estimate of drug-likeness (QED) is 0.742. The lowest BCUT2D eigenvalue weighted by Gasteiger charge is -2.44. The van der Waals surface area contributed by atoms with E-state index in [2.05, 4.69) is 28.6 Å². The molecule has 7 heteroatoms. The van der Waals surface area contributed by atoms with Crippen molar-refractivity contribution in [3.8, 4) is 0 Å². The molecule has 1 unspecified atom stereocenters. The molecule has 25 heavy (non-hydrogen) atoms. The molecule has 1 aromatic rings. The summed E-state index contributed by atoms with van der Waals surface area (Å²) in [5, 5.41) is 31.1. The Kier molecular flexibility index (Phi) is 6.00. The van der Waals surface area contributed by atoms with Crippen LogP contribution in [0.25, 0.3) is 0 Å². The van der Waals surface area contributed by atoms with Gasteiger partial charge < -0.3 is 20.2 Å². The molecule has 2 fully saturated rings. The summed E-state index contributed by atoms with van der Waals surface area (Å²) >= 11 is 1.79. The van der Waals surface area contributed by atoms with Gasteiger partial charge in [0.05, 0.1) is 12.2 Å². The number of thiazole rings is 1. The van der Waals surface area contributed by atoms with E-state index in [-0.39, 0.29) is 6.04 Å². The summed E-state index contributed by atoms with van der Waals surface area (Å²) in [6.07, 6.45) is 1.47. The van der Waals surface area contributed by atoms with E-state index in [9.17, 15) is 15.3 Å². The van der Waals surface area contributed by atoms with Gasteiger partial charge in [0.15, 0.2) is 5.13 Å². The Labute approximate surface area is 154 Å². The van der Waals surface area contributed by atoms with Gasteiger partial charge in [-0.05, 0) is 31.6 Å². The van der Waals surface area contributed by atoms with E-state index in [1.54, 1.807) is 11.3 Å². The first-order chi connectivity index (χ1) is 11.9. The number of nitrogens with zero attached hydrogens (tertiary/aromatic N) is 3. The van der Waals surface area contributed by atoms with Crippen molar-refractivity contribution in [3.63, 3.8) is 0 Å². The lowest BCUT2D eigenvalue weighted by atomic mass is 9.91. The van der Waals surface area contributed by atoms with Gasteiger partial charge in [0.1, 0.15) is 6.10 Å². The van der Waals surface area contributed by atoms with Crippen molar-refractivity contribution in [2.45, 2.75) is 63.9 Å². The highest BCUT2D eigenvalue weighted by Gasteiger charge is 2.39. The summed E-state index contributed by atoms with van der Waals surface area (Å²) in [5.41, 5.74) is 0. The molecule has 0 aromatic carbocycles. The minimum atomic E-state index is -1.04. The van der Waals surface area contributed by atoms with Gasteiger partial charge in [0, 0.05) is 43.3 Å². The maximum atomic E-state index is 10.1. The second-order valence-electron chi connectivity index (χ2n) is 7.90. The Hall–Kier alpha value is -0.730. The third-order valence-corrected chi connectivity index (χ3v) is 6.96. The molecule has 0 bridgehead atoms. The van der Waals surface area contributed by atoms with Crippen molar-refractivity contribution < 1.29 is 15.3 Å². The van der Waals surface area contributed by atoms with E-state index in [0.717, 1.165) is 37.6 Å². The van der Waals surface area contributed by atoms with E-state index < -0.39 is 18.3 Å². The molecule has 0 saturated carbocycles. The van der Waals surface area contributed by atoms with Crippen molar-refractivity contribution in [1.82, 2.24) is 9.88 Å². The average Bonchev–Trinajstić information content (AvgIpc) is 3.08. The molecule has 3 heterocycles. The topological polar surface area (TPSA) is 80.1 Å². The largest absolute Gasteiger partial charge is 0.389 e. The van der Waals surface area contributed by atoms with Crippen molar-refractivity contribution >= 4 is 16.5 Å². The zero-order valence-corrected chi connectivity index (χ0v) is 16.2. The van der Waals surface area contributed by atoms with Crippen LogP contribution in [0.15, 0.2) is 6.20 Å². The molecule has 3 rings (SSSR count). The van der Waals surface area contributed by atoms with Gasteiger partial charge in [-0.25, -0.2) is 4.98 Å². The normalized spacial score (nSPS) is 34.7. The summed E-state index contributed by atoms with van der Waals surface area (Å²) < 4.78 is 0. The van der Waals surface area contributed by atoms with Crippen LogP contribution in [-0.4, -0.2) is 75.7 Å². The number of aromatic nitrogens is 1. The first-order valence-electron chi connectivity index (χ1n) is 9.35. The minimum Gasteiger partial charge on any atom is -0.389 e. The number of rotatable bonds is 4. The molecule has 0 amide bonds. The third kappa shape index (κ3) is 4.17. The number of aliphatic hydroxyl groups is 3. The number of piperidine rings is 2. The highest BCUT2D eigenvalue weighted by atomic mass is 32.1. The van der Waals surface area contributed by atoms with Crippen LogP contribution >= 0.6 is 11.3 Å². The molecule has 1 aromatic heterocycles. The molecular formula is C18H31N3O3S. The number of β-amino-alcohol motifs (C(OH)–C–C–N with tert-alkyl or cyclic N) is 1. The highest BCUT2D eigenvalue weighted by Crippen LogP contribution is 2.31. The average molecular weight is 370 g/mol. The molecule has 0 radical (unpaired) electrons. The Morgan fingerprint density at radius 3 is 2.68 bits per heavy atom. The van der Waals surface area contributed by atoms with Gasteiger partial charge in [-0.2, -0.15) is 0 Å². The Bertz CT molecular complexity index is 568. The highest BCUT2D eigenvalue weighted by molar-refractivity contribution is 7.15. The molecule has 5 atom stereocenters. The fraction of sp³-hybridized carbons (Fsp3) is 0.833. The molecule has 6 nitrogen and oxygen atoms in total. The van der Waals surface area contributed by atoms with Crippen LogP contribution in [0.1, 0.15) is 44.4 Å². The first kappa shape index (κ1) is 19.0. The van der Waals surface area contributed by atoms with E-state index >= 15 is 0 Å². The summed E-state index contributed by atoms with van der Waals surface area (Å²) in [6.45, 7) is 9.57. The maximum absolute atomic E-state index is 10.1. The van der Waals surface area contributed by atoms with Gasteiger partial charge in [-0.15, -0.1) is 11.3 Å². The SMILES string of the molecule is CC(C)c1cnc(N2CCCC(CN3C[C@H](O)[C@@H](O)[C@H](O)[C@H]3C)C2)s1. The Balaban J connectivity index is 1.61. The predicted octanol–water partition coefficient (Wildman–Crippen LogP) is 1.27. The molecule has 0 spiro atoms. The van der Waals surface area contributed by atoms with Crippen molar-refractivity contribution in [2.24, 2.45) is 5.92 Å². The third-order valence-electron chi connectivity index (χ3n) is 5.60. The van der Waals surface area contributed by atoms with Crippen LogP contribution in [0.2, 0.25) is 0 Å². The van der Waals surface area contributed by atoms with Gasteiger partial charge >= 0.3 is 0 Å². The number of likely N-dealkylation sites (tertiary alicyclic amines) is 1. The van der Waals surface area contributed by atoms with E-state index in [4.69, 9.17) is 0 Å². The van der Waals surface area contributed by atoms with Gasteiger partial charge in [-0.3, -0.25) is 4.90 Å². The Morgan fingerprint density at radius 1 is 1.24 bits per heavy atom. The number of hydrogen-bond donors (Lipinski definition) is 3. The lowest BCUT2D eigenvalue weighted by Crippen LogP contribution is -2.61. The molecule has 0 aliphatic carbocycles. The van der Waals surface area contributed by atoms with Crippen LogP contribution in [0.4, 0.5) is 5.13 Å². The van der Waals surface area contributed by atoms with Crippen LogP contribution in [-0.2, 0) is 0 Å².